The number of methoxy groups -OCH3 is 2. The second-order valence-corrected chi connectivity index (χ2v) is 4.14. The number of hydrogen-bond donors (Lipinski definition) is 1. The second kappa shape index (κ2) is 6.35. The molecule has 2 atom stereocenters. The van der Waals surface area contributed by atoms with Gasteiger partial charge in [0, 0.05) is 12.0 Å². The van der Waals surface area contributed by atoms with Crippen molar-refractivity contribution in [3.8, 4) is 5.75 Å². The van der Waals surface area contributed by atoms with Crippen LogP contribution in [0.2, 0.25) is 0 Å². The van der Waals surface area contributed by atoms with Crippen LogP contribution in [-0.2, 0) is 9.53 Å². The summed E-state index contributed by atoms with van der Waals surface area (Å²) in [5.74, 6) is -0.947. The van der Waals surface area contributed by atoms with Gasteiger partial charge >= 0.3 is 5.97 Å². The molecule has 0 saturated heterocycles. The van der Waals surface area contributed by atoms with Crippen LogP contribution < -0.4 is 10.5 Å². The molecule has 0 aliphatic rings. The first kappa shape index (κ1) is 14.4. The third-order valence-corrected chi connectivity index (χ3v) is 2.85. The quantitative estimate of drug-likeness (QED) is 0.815. The van der Waals surface area contributed by atoms with Crippen LogP contribution in [0.25, 0.3) is 0 Å². The smallest absolute Gasteiger partial charge is 0.306 e. The molecule has 0 fully saturated rings. The highest BCUT2D eigenvalue weighted by Gasteiger charge is 2.21. The summed E-state index contributed by atoms with van der Waals surface area (Å²) in [4.78, 5) is 11.3. The van der Waals surface area contributed by atoms with Crippen LogP contribution in [0.3, 0.4) is 0 Å². The van der Waals surface area contributed by atoms with Gasteiger partial charge in [-0.1, -0.05) is 6.07 Å². The molecule has 100 valence electrons. The molecule has 4 nitrogen and oxygen atoms in total. The number of hydrogen-bond acceptors (Lipinski definition) is 4. The molecule has 0 radical (unpaired) electrons. The minimum absolute atomic E-state index is 0.125. The van der Waals surface area contributed by atoms with Gasteiger partial charge in [-0.25, -0.2) is 4.39 Å². The van der Waals surface area contributed by atoms with Crippen LogP contribution in [0.1, 0.15) is 24.8 Å². The highest BCUT2D eigenvalue weighted by molar-refractivity contribution is 5.70. The highest BCUT2D eigenvalue weighted by Crippen LogP contribution is 2.27. The molecule has 0 spiro atoms. The summed E-state index contributed by atoms with van der Waals surface area (Å²) in [5, 5.41) is 0. The Hall–Kier alpha value is -1.62. The van der Waals surface area contributed by atoms with Crippen molar-refractivity contribution in [3.05, 3.63) is 29.6 Å². The van der Waals surface area contributed by atoms with Gasteiger partial charge in [0.15, 0.2) is 11.6 Å². The van der Waals surface area contributed by atoms with E-state index in [1.807, 2.05) is 0 Å². The summed E-state index contributed by atoms with van der Waals surface area (Å²) in [6, 6.07) is 4.29. The summed E-state index contributed by atoms with van der Waals surface area (Å²) < 4.78 is 23.1. The summed E-state index contributed by atoms with van der Waals surface area (Å²) in [6.45, 7) is 1.77. The van der Waals surface area contributed by atoms with E-state index in [0.717, 1.165) is 0 Å². The summed E-state index contributed by atoms with van der Waals surface area (Å²) >= 11 is 0. The first-order chi connectivity index (χ1) is 8.49. The largest absolute Gasteiger partial charge is 0.494 e. The van der Waals surface area contributed by atoms with Gasteiger partial charge in [0.2, 0.25) is 0 Å². The second-order valence-electron chi connectivity index (χ2n) is 4.14. The van der Waals surface area contributed by atoms with E-state index in [1.165, 1.54) is 26.4 Å². The number of carbonyl (C=O) groups is 1. The summed E-state index contributed by atoms with van der Waals surface area (Å²) in [5.41, 5.74) is 6.49. The average Bonchev–Trinajstić information content (AvgIpc) is 2.35. The van der Waals surface area contributed by atoms with Crippen LogP contribution >= 0.6 is 0 Å². The molecule has 2 unspecified atom stereocenters. The van der Waals surface area contributed by atoms with Gasteiger partial charge in [-0.3, -0.25) is 4.79 Å². The van der Waals surface area contributed by atoms with E-state index in [4.69, 9.17) is 10.5 Å². The SMILES string of the molecule is COC(=O)CC(c1ccc(OC)c(F)c1)C(C)N. The Kier molecular flexibility index (Phi) is 5.09. The van der Waals surface area contributed by atoms with Gasteiger partial charge in [0.1, 0.15) is 0 Å². The van der Waals surface area contributed by atoms with E-state index in [0.29, 0.717) is 5.56 Å². The molecule has 1 aromatic rings. The zero-order chi connectivity index (χ0) is 13.7. The van der Waals surface area contributed by atoms with Gasteiger partial charge in [-0.15, -0.1) is 0 Å². The van der Waals surface area contributed by atoms with Crippen molar-refractivity contribution >= 4 is 5.97 Å². The predicted molar refractivity (Wildman–Crippen MR) is 66.0 cm³/mol. The van der Waals surface area contributed by atoms with E-state index in [2.05, 4.69) is 4.74 Å². The molecule has 1 rings (SSSR count). The van der Waals surface area contributed by atoms with E-state index in [1.54, 1.807) is 13.0 Å². The Balaban J connectivity index is 2.99. The standard InChI is InChI=1S/C13H18FNO3/c1-8(15)10(7-13(16)18-3)9-4-5-12(17-2)11(14)6-9/h4-6,8,10H,7,15H2,1-3H3. The number of halogens is 1. The Labute approximate surface area is 106 Å². The zero-order valence-electron chi connectivity index (χ0n) is 10.8. The third-order valence-electron chi connectivity index (χ3n) is 2.85. The number of benzene rings is 1. The Bertz CT molecular complexity index is 421. The fourth-order valence-corrected chi connectivity index (χ4v) is 1.78. The lowest BCUT2D eigenvalue weighted by atomic mass is 9.90. The topological polar surface area (TPSA) is 61.5 Å². The number of esters is 1. The Morgan fingerprint density at radius 1 is 1.44 bits per heavy atom. The van der Waals surface area contributed by atoms with Crippen LogP contribution in [0.5, 0.6) is 5.75 Å². The maximum Gasteiger partial charge on any atom is 0.306 e. The van der Waals surface area contributed by atoms with Gasteiger partial charge in [0.05, 0.1) is 20.6 Å². The van der Waals surface area contributed by atoms with Crippen molar-refractivity contribution in [3.63, 3.8) is 0 Å². The Morgan fingerprint density at radius 2 is 2.11 bits per heavy atom. The maximum atomic E-state index is 13.6. The molecule has 0 aliphatic carbocycles. The monoisotopic (exact) mass is 255 g/mol. The van der Waals surface area contributed by atoms with E-state index < -0.39 is 5.82 Å². The molecule has 18 heavy (non-hydrogen) atoms. The minimum Gasteiger partial charge on any atom is -0.494 e. The van der Waals surface area contributed by atoms with Crippen LogP contribution in [0.15, 0.2) is 18.2 Å². The van der Waals surface area contributed by atoms with Crippen molar-refractivity contribution in [2.24, 2.45) is 5.73 Å². The van der Waals surface area contributed by atoms with Crippen LogP contribution in [0.4, 0.5) is 4.39 Å². The highest BCUT2D eigenvalue weighted by atomic mass is 19.1. The molecule has 0 amide bonds. The van der Waals surface area contributed by atoms with Crippen molar-refractivity contribution in [1.29, 1.82) is 0 Å². The van der Waals surface area contributed by atoms with E-state index in [9.17, 15) is 9.18 Å². The molecule has 0 heterocycles. The lowest BCUT2D eigenvalue weighted by molar-refractivity contribution is -0.141. The molecule has 2 N–H and O–H groups in total. The lowest BCUT2D eigenvalue weighted by Gasteiger charge is -2.20. The van der Waals surface area contributed by atoms with Crippen molar-refractivity contribution in [2.75, 3.05) is 14.2 Å². The first-order valence-corrected chi connectivity index (χ1v) is 5.65. The molecule has 0 aromatic heterocycles. The van der Waals surface area contributed by atoms with Gasteiger partial charge in [-0.05, 0) is 24.6 Å². The molecule has 0 bridgehead atoms. The molecular formula is C13H18FNO3. The third kappa shape index (κ3) is 3.43. The number of rotatable bonds is 5. The van der Waals surface area contributed by atoms with Crippen molar-refractivity contribution < 1.29 is 18.7 Å². The van der Waals surface area contributed by atoms with Gasteiger partial charge in [-0.2, -0.15) is 0 Å². The van der Waals surface area contributed by atoms with Gasteiger partial charge < -0.3 is 15.2 Å². The number of carbonyl (C=O) groups excluding carboxylic acids is 1. The van der Waals surface area contributed by atoms with Crippen molar-refractivity contribution in [2.45, 2.75) is 25.3 Å². The van der Waals surface area contributed by atoms with E-state index in [-0.39, 0.29) is 30.1 Å². The van der Waals surface area contributed by atoms with Gasteiger partial charge in [0.25, 0.3) is 0 Å². The average molecular weight is 255 g/mol. The lowest BCUT2D eigenvalue weighted by Crippen LogP contribution is -2.27. The molecule has 5 heteroatoms. The molecular weight excluding hydrogens is 237 g/mol. The zero-order valence-corrected chi connectivity index (χ0v) is 10.8. The van der Waals surface area contributed by atoms with Crippen molar-refractivity contribution in [1.82, 2.24) is 0 Å². The van der Waals surface area contributed by atoms with Crippen LogP contribution in [-0.4, -0.2) is 26.2 Å². The fraction of sp³-hybridized carbons (Fsp3) is 0.462. The number of nitrogens with two attached hydrogens (primary N) is 1. The number of ether oxygens (including phenoxy) is 2. The van der Waals surface area contributed by atoms with Crippen LogP contribution in [0, 0.1) is 5.82 Å². The fourth-order valence-electron chi connectivity index (χ4n) is 1.78. The minimum atomic E-state index is -0.467. The summed E-state index contributed by atoms with van der Waals surface area (Å²) in [6.07, 6.45) is 0.125. The maximum absolute atomic E-state index is 13.6. The first-order valence-electron chi connectivity index (χ1n) is 5.65. The predicted octanol–water partition coefficient (Wildman–Crippen LogP) is 1.83. The molecule has 0 aliphatic heterocycles. The summed E-state index contributed by atoms with van der Waals surface area (Å²) in [7, 11) is 2.71. The Morgan fingerprint density at radius 3 is 2.56 bits per heavy atom. The molecule has 0 saturated carbocycles. The normalized spacial score (nSPS) is 13.8. The van der Waals surface area contributed by atoms with E-state index >= 15 is 0 Å². The molecule has 1 aromatic carbocycles.